The Balaban J connectivity index is 0.00000185. The second kappa shape index (κ2) is 18.0. The van der Waals surface area contributed by atoms with Gasteiger partial charge in [-0.3, -0.25) is 0 Å². The standard InChI is InChI=1S/C34H34N4O4.2Fe.2NO/c1-7-21-17(3)25-13-26-19(5)23(9-11-33(39)40)31(37-26)16-32-24(10-12-34(41)42)20(6)28(38-32)15-30-22(8-2)18(4)27(36-30)14-29(21)35-25;;;2*1-2/h7-8,13-16,35-36H,1-2,9-12H2,3-6H3,(H,39,40)(H,41,42);;;;/q;2*+2;2*-1/p-2. The van der Waals surface area contributed by atoms with Gasteiger partial charge >= 0.3 is 34.1 Å². The van der Waals surface area contributed by atoms with E-state index in [4.69, 9.17) is 31.0 Å². The van der Waals surface area contributed by atoms with Crippen molar-refractivity contribution in [1.29, 1.82) is 0 Å². The minimum atomic E-state index is -1.15. The Morgan fingerprint density at radius 3 is 1.38 bits per heavy atom. The molecule has 0 unspecified atom stereocenters. The van der Waals surface area contributed by atoms with Gasteiger partial charge in [-0.15, -0.1) is 0 Å². The van der Waals surface area contributed by atoms with Gasteiger partial charge in [-0.25, -0.2) is 9.97 Å². The number of carbonyl (C=O) groups excluding carboxylic acids is 2. The van der Waals surface area contributed by atoms with Crippen LogP contribution in [0.15, 0.2) is 37.4 Å². The maximum Gasteiger partial charge on any atom is 2.00 e. The fourth-order valence-electron chi connectivity index (χ4n) is 5.76. The minimum Gasteiger partial charge on any atom is -0.577 e. The second-order valence-corrected chi connectivity index (χ2v) is 10.7. The van der Waals surface area contributed by atoms with Crippen molar-refractivity contribution < 1.29 is 53.9 Å². The number of nitrogens with one attached hydrogen (secondary N) is 2. The molecule has 0 aliphatic carbocycles. The number of hydrogen-bond acceptors (Lipinski definition) is 8. The van der Waals surface area contributed by atoms with Gasteiger partial charge in [0.2, 0.25) is 0 Å². The molecule has 2 aliphatic heterocycles. The van der Waals surface area contributed by atoms with E-state index < -0.39 is 11.9 Å². The third kappa shape index (κ3) is 8.39. The fraction of sp³-hybridized carbons (Fsp3) is 0.235. The normalized spacial score (nSPS) is 11.6. The van der Waals surface area contributed by atoms with E-state index in [0.29, 0.717) is 22.8 Å². The molecule has 3 aromatic rings. The number of nitrogens with zero attached hydrogens (tertiary/aromatic N) is 4. The van der Waals surface area contributed by atoms with Crippen molar-refractivity contribution in [2.75, 3.05) is 0 Å². The zero-order chi connectivity index (χ0) is 34.3. The number of aromatic amines is 2. The van der Waals surface area contributed by atoms with E-state index >= 15 is 0 Å². The Hall–Kier alpha value is -4.74. The molecule has 5 rings (SSSR count). The zero-order valence-electron chi connectivity index (χ0n) is 26.7. The molecule has 2 aliphatic rings. The molecule has 0 saturated carbocycles. The van der Waals surface area contributed by atoms with Crippen molar-refractivity contribution >= 4 is 68.4 Å². The number of hydrogen-bond donors (Lipinski definition) is 2. The zero-order valence-corrected chi connectivity index (χ0v) is 28.9. The van der Waals surface area contributed by atoms with Crippen LogP contribution >= 0.6 is 0 Å². The van der Waals surface area contributed by atoms with E-state index in [1.54, 1.807) is 6.08 Å². The first-order valence-corrected chi connectivity index (χ1v) is 14.2. The molecule has 0 saturated heterocycles. The van der Waals surface area contributed by atoms with E-state index in [2.05, 4.69) is 23.1 Å². The van der Waals surface area contributed by atoms with Crippen molar-refractivity contribution in [3.8, 4) is 0 Å². The summed E-state index contributed by atoms with van der Waals surface area (Å²) in [5.41, 5.74) is 24.8. The van der Waals surface area contributed by atoms with E-state index in [1.807, 2.05) is 58.0 Å². The smallest absolute Gasteiger partial charge is 0.577 e. The molecule has 14 heteroatoms. The quantitative estimate of drug-likeness (QED) is 0.270. The first-order valence-electron chi connectivity index (χ1n) is 14.2. The van der Waals surface area contributed by atoms with E-state index in [9.17, 15) is 19.8 Å². The van der Waals surface area contributed by atoms with Gasteiger partial charge in [0.05, 0.1) is 22.8 Å². The first-order chi connectivity index (χ1) is 22.0. The predicted molar refractivity (Wildman–Crippen MR) is 178 cm³/mol. The van der Waals surface area contributed by atoms with Crippen LogP contribution in [0, 0.1) is 23.7 Å². The Kier molecular flexibility index (Phi) is 15.5. The van der Waals surface area contributed by atoms with Gasteiger partial charge < -0.3 is 50.8 Å². The molecular formula is C34H32Fe2N6O6. The third-order valence-corrected chi connectivity index (χ3v) is 8.20. The van der Waals surface area contributed by atoms with Gasteiger partial charge in [0.25, 0.3) is 0 Å². The summed E-state index contributed by atoms with van der Waals surface area (Å²) in [5.74, 6) is -2.29. The number of carbonyl (C=O) groups is 2. The van der Waals surface area contributed by atoms with Crippen LogP contribution in [-0.4, -0.2) is 31.9 Å². The molecule has 2 N–H and O–H groups in total. The molecule has 12 nitrogen and oxygen atoms in total. The van der Waals surface area contributed by atoms with Crippen molar-refractivity contribution in [3.63, 3.8) is 0 Å². The van der Waals surface area contributed by atoms with Crippen LogP contribution in [-0.2, 0) is 43.7 Å². The number of aromatic nitrogens is 4. The summed E-state index contributed by atoms with van der Waals surface area (Å²) in [5, 5.41) is 22.8. The molecule has 250 valence electrons. The summed E-state index contributed by atoms with van der Waals surface area (Å²) >= 11 is 0. The van der Waals surface area contributed by atoms with Crippen molar-refractivity contribution in [3.05, 3.63) is 103 Å². The topological polar surface area (TPSA) is 216 Å². The summed E-state index contributed by atoms with van der Waals surface area (Å²) in [4.78, 5) is 54.2. The molecule has 0 aromatic carbocycles. The van der Waals surface area contributed by atoms with Gasteiger partial charge in [-0.05, 0) is 111 Å². The number of nitroso groups, excluding NO2 is 2. The Morgan fingerprint density at radius 2 is 1.00 bits per heavy atom. The predicted octanol–water partition coefficient (Wildman–Crippen LogP) is 5.78. The third-order valence-electron chi connectivity index (χ3n) is 8.20. The molecule has 0 fully saturated rings. The van der Waals surface area contributed by atoms with Gasteiger partial charge in [0.1, 0.15) is 0 Å². The van der Waals surface area contributed by atoms with Crippen LogP contribution in [0.1, 0.15) is 84.6 Å². The van der Waals surface area contributed by atoms with Crippen LogP contribution in [0.4, 0.5) is 0 Å². The minimum absolute atomic E-state index is 0. The summed E-state index contributed by atoms with van der Waals surface area (Å²) in [6.45, 7) is 16.0. The monoisotopic (exact) mass is 732 g/mol. The molecule has 0 radical (unpaired) electrons. The number of H-pyrrole nitrogens is 2. The van der Waals surface area contributed by atoms with Crippen LogP contribution in [0.25, 0.3) is 67.7 Å². The van der Waals surface area contributed by atoms with Crippen LogP contribution < -0.4 is 10.2 Å². The summed E-state index contributed by atoms with van der Waals surface area (Å²) in [6, 6.07) is 7.78. The maximum atomic E-state index is 11.4. The molecule has 0 spiro atoms. The fourth-order valence-corrected chi connectivity index (χ4v) is 5.76. The number of carboxylic acid groups (broad SMARTS) is 2. The van der Waals surface area contributed by atoms with Gasteiger partial charge in [0.15, 0.2) is 0 Å². The molecule has 8 bridgehead atoms. The van der Waals surface area contributed by atoms with E-state index in [-0.39, 0.29) is 59.8 Å². The van der Waals surface area contributed by atoms with E-state index in [1.165, 1.54) is 0 Å². The van der Waals surface area contributed by atoms with Gasteiger partial charge in [0, 0.05) is 45.1 Å². The first kappa shape index (κ1) is 41.3. The average molecular weight is 732 g/mol. The summed E-state index contributed by atoms with van der Waals surface area (Å²) in [7, 11) is 0. The number of fused-ring (bicyclic) bond motifs is 8. The average Bonchev–Trinajstić information content (AvgIpc) is 3.69. The molecular weight excluding hydrogens is 700 g/mol. The Morgan fingerprint density at radius 1 is 0.646 bits per heavy atom. The summed E-state index contributed by atoms with van der Waals surface area (Å²) < 4.78 is 0. The van der Waals surface area contributed by atoms with Crippen molar-refractivity contribution in [1.82, 2.24) is 19.9 Å². The SMILES string of the molecule is C=Cc1c(C)c2cc3[nH]c(cc4nc(cc5nc(cc1[nH]2)C(C)=C5CCC(=O)[O-])C(CCC(=O)[O-])=C4C)c(C)c3C=C.[Fe+2].[Fe+2].[N-]=O.[N-]=O. The van der Waals surface area contributed by atoms with E-state index in [0.717, 1.165) is 66.6 Å². The maximum absolute atomic E-state index is 11.4. The van der Waals surface area contributed by atoms with Crippen LogP contribution in [0.3, 0.4) is 0 Å². The Bertz CT molecular complexity index is 1970. The number of aliphatic carboxylic acids is 2. The number of rotatable bonds is 8. The van der Waals surface area contributed by atoms with Crippen molar-refractivity contribution in [2.24, 2.45) is 0 Å². The van der Waals surface area contributed by atoms with Gasteiger partial charge in [-0.2, -0.15) is 0 Å². The number of carboxylic acids is 2. The van der Waals surface area contributed by atoms with Crippen molar-refractivity contribution in [2.45, 2.75) is 53.4 Å². The second-order valence-electron chi connectivity index (χ2n) is 10.7. The summed E-state index contributed by atoms with van der Waals surface area (Å²) in [6.07, 6.45) is 3.79. The van der Waals surface area contributed by atoms with Gasteiger partial charge in [-0.1, -0.05) is 25.3 Å². The van der Waals surface area contributed by atoms with Crippen LogP contribution in [0.2, 0.25) is 0 Å². The largest absolute Gasteiger partial charge is 2.00 e. The Labute approximate surface area is 298 Å². The molecule has 3 aromatic heterocycles. The molecule has 0 amide bonds. The number of allylic oxidation sites excluding steroid dienone is 4. The van der Waals surface area contributed by atoms with Crippen LogP contribution in [0.5, 0.6) is 0 Å². The molecule has 5 heterocycles. The molecule has 0 atom stereocenters. The molecule has 48 heavy (non-hydrogen) atoms. The number of aryl methyl sites for hydroxylation is 2.